The minimum atomic E-state index is -1.26. The molecule has 0 saturated carbocycles. The summed E-state index contributed by atoms with van der Waals surface area (Å²) < 4.78 is 0. The van der Waals surface area contributed by atoms with E-state index in [-0.39, 0.29) is 113 Å². The summed E-state index contributed by atoms with van der Waals surface area (Å²) in [7, 11) is 0. The predicted molar refractivity (Wildman–Crippen MR) is 189 cm³/mol. The molecule has 0 spiro atoms. The highest BCUT2D eigenvalue weighted by Gasteiger charge is 2.31. The van der Waals surface area contributed by atoms with Crippen LogP contribution in [0.25, 0.3) is 11.1 Å². The largest absolute Gasteiger partial charge is 0.508 e. The summed E-state index contributed by atoms with van der Waals surface area (Å²) in [5.41, 5.74) is 25.1. The molecule has 266 valence electrons. The van der Waals surface area contributed by atoms with E-state index in [9.17, 15) is 29.4 Å². The van der Waals surface area contributed by atoms with E-state index in [0.717, 1.165) is 0 Å². The fourth-order valence-electron chi connectivity index (χ4n) is 4.78. The molecule has 0 saturated heterocycles. The van der Waals surface area contributed by atoms with Crippen LogP contribution in [-0.4, -0.2) is 84.2 Å². The molecular formula is C29H46Cl4N8O6. The SMILES string of the molecule is Cl.Cl.Cl.Cl.NCCC[C@@H]1NC(=O)[C@@H](N)Cc2cc(ccc2O)-c2ccc(O)c(c2)C[C@@H](C(=O)N[C@@H](CCN)C(=O)NCCN)NC1=O. The topological polar surface area (TPSA) is 261 Å². The van der Waals surface area contributed by atoms with Crippen LogP contribution in [-0.2, 0) is 32.0 Å². The highest BCUT2D eigenvalue weighted by atomic mass is 35.5. The first-order valence-electron chi connectivity index (χ1n) is 14.3. The van der Waals surface area contributed by atoms with Crippen LogP contribution in [0.4, 0.5) is 0 Å². The minimum Gasteiger partial charge on any atom is -0.508 e. The Kier molecular flexibility index (Phi) is 22.0. The molecule has 4 atom stereocenters. The van der Waals surface area contributed by atoms with Gasteiger partial charge in [0.15, 0.2) is 0 Å². The number of carbonyl (C=O) groups excluding carboxylic acids is 4. The first-order chi connectivity index (χ1) is 20.6. The Morgan fingerprint density at radius 3 is 1.94 bits per heavy atom. The van der Waals surface area contributed by atoms with Crippen molar-refractivity contribution in [2.24, 2.45) is 22.9 Å². The number of phenolic OH excluding ortho intramolecular Hbond substituents is 2. The van der Waals surface area contributed by atoms with Crippen molar-refractivity contribution in [3.63, 3.8) is 0 Å². The second-order valence-corrected chi connectivity index (χ2v) is 10.5. The van der Waals surface area contributed by atoms with Gasteiger partial charge in [-0.25, -0.2) is 0 Å². The third-order valence-electron chi connectivity index (χ3n) is 7.19. The van der Waals surface area contributed by atoms with Crippen LogP contribution in [0.5, 0.6) is 11.5 Å². The first kappa shape index (κ1) is 46.0. The maximum atomic E-state index is 13.6. The number of rotatable bonds is 10. The van der Waals surface area contributed by atoms with Crippen LogP contribution in [0.1, 0.15) is 30.4 Å². The number of hydrogen-bond acceptors (Lipinski definition) is 10. The Morgan fingerprint density at radius 2 is 1.40 bits per heavy atom. The van der Waals surface area contributed by atoms with Crippen LogP contribution in [0, 0.1) is 0 Å². The molecule has 0 aliphatic carbocycles. The van der Waals surface area contributed by atoms with Crippen LogP contribution < -0.4 is 44.2 Å². The summed E-state index contributed by atoms with van der Waals surface area (Å²) >= 11 is 0. The van der Waals surface area contributed by atoms with Gasteiger partial charge in [0.2, 0.25) is 23.6 Å². The second kappa shape index (κ2) is 22.5. The lowest BCUT2D eigenvalue weighted by molar-refractivity contribution is -0.134. The van der Waals surface area contributed by atoms with Crippen molar-refractivity contribution in [3.05, 3.63) is 47.5 Å². The van der Waals surface area contributed by atoms with E-state index < -0.39 is 47.8 Å². The fraction of sp³-hybridized carbons (Fsp3) is 0.448. The van der Waals surface area contributed by atoms with Gasteiger partial charge in [0, 0.05) is 25.9 Å². The van der Waals surface area contributed by atoms with Gasteiger partial charge in [-0.15, -0.1) is 49.6 Å². The summed E-state index contributed by atoms with van der Waals surface area (Å²) in [6.45, 7) is 0.740. The zero-order chi connectivity index (χ0) is 31.5. The Bertz CT molecular complexity index is 1330. The molecule has 4 bridgehead atoms. The smallest absolute Gasteiger partial charge is 0.243 e. The number of hydrogen-bond donors (Lipinski definition) is 10. The number of aromatic hydroxyl groups is 2. The third kappa shape index (κ3) is 13.2. The maximum Gasteiger partial charge on any atom is 0.243 e. The van der Waals surface area contributed by atoms with Crippen molar-refractivity contribution >= 4 is 73.3 Å². The zero-order valence-corrected chi connectivity index (χ0v) is 28.9. The van der Waals surface area contributed by atoms with Gasteiger partial charge in [-0.2, -0.15) is 0 Å². The normalized spacial score (nSPS) is 18.0. The van der Waals surface area contributed by atoms with E-state index in [1.165, 1.54) is 12.1 Å². The Labute approximate surface area is 298 Å². The van der Waals surface area contributed by atoms with Gasteiger partial charge in [-0.05, 0) is 78.9 Å². The van der Waals surface area contributed by atoms with E-state index in [0.29, 0.717) is 28.7 Å². The molecule has 2 aromatic rings. The molecule has 14 nitrogen and oxygen atoms in total. The fourth-order valence-corrected chi connectivity index (χ4v) is 4.78. The number of fused-ring (bicyclic) bond motifs is 5. The Morgan fingerprint density at radius 1 is 0.830 bits per heavy atom. The Hall–Kier alpha value is -3.08. The summed E-state index contributed by atoms with van der Waals surface area (Å²) in [4.78, 5) is 52.9. The number of amides is 4. The van der Waals surface area contributed by atoms with Crippen LogP contribution >= 0.6 is 49.6 Å². The molecule has 0 radical (unpaired) electrons. The van der Waals surface area contributed by atoms with Crippen molar-refractivity contribution in [1.82, 2.24) is 21.3 Å². The molecule has 1 aliphatic rings. The average molecular weight is 745 g/mol. The number of phenols is 2. The van der Waals surface area contributed by atoms with Crippen molar-refractivity contribution in [2.45, 2.75) is 56.3 Å². The third-order valence-corrected chi connectivity index (χ3v) is 7.19. The number of benzene rings is 2. The van der Waals surface area contributed by atoms with Gasteiger partial charge in [-0.3, -0.25) is 19.2 Å². The van der Waals surface area contributed by atoms with Crippen LogP contribution in [0.15, 0.2) is 36.4 Å². The van der Waals surface area contributed by atoms with Crippen LogP contribution in [0.2, 0.25) is 0 Å². The van der Waals surface area contributed by atoms with Gasteiger partial charge in [0.05, 0.1) is 6.04 Å². The van der Waals surface area contributed by atoms with Gasteiger partial charge in [-0.1, -0.05) is 12.1 Å². The van der Waals surface area contributed by atoms with Gasteiger partial charge in [0.25, 0.3) is 0 Å². The van der Waals surface area contributed by atoms with E-state index in [1.807, 2.05) is 0 Å². The lowest BCUT2D eigenvalue weighted by Crippen LogP contribution is -2.58. The van der Waals surface area contributed by atoms with Crippen molar-refractivity contribution < 1.29 is 29.4 Å². The minimum absolute atomic E-state index is 0. The highest BCUT2D eigenvalue weighted by molar-refractivity contribution is 5.95. The number of halogens is 4. The quantitative estimate of drug-likeness (QED) is 0.149. The number of carbonyl (C=O) groups is 4. The monoisotopic (exact) mass is 742 g/mol. The second-order valence-electron chi connectivity index (χ2n) is 10.5. The lowest BCUT2D eigenvalue weighted by Gasteiger charge is -2.26. The first-order valence-corrected chi connectivity index (χ1v) is 14.3. The number of nitrogens with two attached hydrogens (primary N) is 4. The number of nitrogens with one attached hydrogen (secondary N) is 4. The average Bonchev–Trinajstić information content (AvgIpc) is 2.98. The molecule has 3 rings (SSSR count). The van der Waals surface area contributed by atoms with E-state index >= 15 is 0 Å². The molecule has 14 N–H and O–H groups in total. The van der Waals surface area contributed by atoms with Crippen molar-refractivity contribution in [1.29, 1.82) is 0 Å². The molecule has 0 unspecified atom stereocenters. The van der Waals surface area contributed by atoms with E-state index in [4.69, 9.17) is 22.9 Å². The molecule has 0 aromatic heterocycles. The molecule has 4 amide bonds. The lowest BCUT2D eigenvalue weighted by atomic mass is 9.95. The molecule has 47 heavy (non-hydrogen) atoms. The van der Waals surface area contributed by atoms with E-state index in [1.54, 1.807) is 24.3 Å². The predicted octanol–water partition coefficient (Wildman–Crippen LogP) is -0.505. The molecule has 18 heteroatoms. The van der Waals surface area contributed by atoms with Gasteiger partial charge >= 0.3 is 0 Å². The maximum absolute atomic E-state index is 13.6. The summed E-state index contributed by atoms with van der Waals surface area (Å²) in [6, 6.07) is 5.19. The van der Waals surface area contributed by atoms with E-state index in [2.05, 4.69) is 21.3 Å². The summed E-state index contributed by atoms with van der Waals surface area (Å²) in [5.74, 6) is -2.65. The summed E-state index contributed by atoms with van der Waals surface area (Å²) in [5, 5.41) is 31.8. The standard InChI is InChI=1S/C29H42N8O6.4ClH/c30-8-1-2-21-28(42)37-23(29(43)36-22(7-9-31)27(41)34-11-10-32)15-19-13-17(4-6-25(19)39)16-3-5-24(38)18(12-16)14-20(33)26(40)35-21;;;;/h3-6,12-13,20-23,38-39H,1-2,7-11,14-15,30-33H2,(H,34,41)(H,35,40)(H,36,43)(H,37,42);4*1H/t20-,21-,22-,23-;;;;/m0..../s1. The molecule has 1 aliphatic heterocycles. The van der Waals surface area contributed by atoms with Crippen molar-refractivity contribution in [2.75, 3.05) is 26.2 Å². The highest BCUT2D eigenvalue weighted by Crippen LogP contribution is 2.31. The zero-order valence-electron chi connectivity index (χ0n) is 25.6. The van der Waals surface area contributed by atoms with Crippen molar-refractivity contribution in [3.8, 4) is 22.6 Å². The van der Waals surface area contributed by atoms with Gasteiger partial charge < -0.3 is 54.4 Å². The molecular weight excluding hydrogens is 698 g/mol. The summed E-state index contributed by atoms with van der Waals surface area (Å²) in [6.07, 6.45) is 0.504. The van der Waals surface area contributed by atoms with Gasteiger partial charge in [0.1, 0.15) is 29.6 Å². The molecule has 0 fully saturated rings. The Balaban J connectivity index is 0. The van der Waals surface area contributed by atoms with Crippen LogP contribution in [0.3, 0.4) is 0 Å². The molecule has 1 heterocycles. The molecule has 2 aromatic carbocycles.